The Morgan fingerprint density at radius 2 is 1.22 bits per heavy atom. The summed E-state index contributed by atoms with van der Waals surface area (Å²) >= 11 is 0. The lowest BCUT2D eigenvalue weighted by Gasteiger charge is -2.16. The van der Waals surface area contributed by atoms with Crippen molar-refractivity contribution in [2.75, 3.05) is 0 Å². The number of carbonyl (C=O) groups excluding carboxylic acids is 2. The zero-order chi connectivity index (χ0) is 25.8. The van der Waals surface area contributed by atoms with Crippen molar-refractivity contribution in [1.29, 1.82) is 0 Å². The Bertz CT molecular complexity index is 855. The Morgan fingerprint density at radius 1 is 0.694 bits per heavy atom. The Balaban J connectivity index is 1.86. The zero-order valence-corrected chi connectivity index (χ0v) is 22.8. The second-order valence-electron chi connectivity index (χ2n) is 10.2. The van der Waals surface area contributed by atoms with Gasteiger partial charge >= 0.3 is 5.97 Å². The fourth-order valence-corrected chi connectivity index (χ4v) is 4.78. The lowest BCUT2D eigenvalue weighted by atomic mass is 9.94. The van der Waals surface area contributed by atoms with E-state index in [-0.39, 0.29) is 11.9 Å². The molecule has 2 aromatic rings. The second-order valence-corrected chi connectivity index (χ2v) is 10.2. The molecule has 0 aliphatic rings. The average Bonchev–Trinajstić information content (AvgIpc) is 2.91. The number of unbranched alkanes of at least 4 members (excludes halogenated alkanes) is 12. The molecule has 0 N–H and O–H groups in total. The predicted molar refractivity (Wildman–Crippen MR) is 152 cm³/mol. The molecule has 0 aliphatic heterocycles. The number of esters is 1. The molecule has 0 bridgehead atoms. The molecule has 0 fully saturated rings. The summed E-state index contributed by atoms with van der Waals surface area (Å²) in [5.41, 5.74) is 2.63. The fourth-order valence-electron chi connectivity index (χ4n) is 4.78. The van der Waals surface area contributed by atoms with Crippen LogP contribution in [0.15, 0.2) is 48.5 Å². The third kappa shape index (κ3) is 12.0. The van der Waals surface area contributed by atoms with Crippen molar-refractivity contribution in [2.24, 2.45) is 5.92 Å². The largest absolute Gasteiger partial charge is 0.426 e. The number of aldehydes is 1. The lowest BCUT2D eigenvalue weighted by molar-refractivity contribution is -0.139. The maximum absolute atomic E-state index is 13.1. The van der Waals surface area contributed by atoms with E-state index in [1.54, 1.807) is 6.07 Å². The third-order valence-corrected chi connectivity index (χ3v) is 7.07. The zero-order valence-electron chi connectivity index (χ0n) is 22.8. The quantitative estimate of drug-likeness (QED) is 0.0799. The Hall–Kier alpha value is -2.42. The highest BCUT2D eigenvalue weighted by Crippen LogP contribution is 2.26. The van der Waals surface area contributed by atoms with Crippen LogP contribution in [0.3, 0.4) is 0 Å². The van der Waals surface area contributed by atoms with Gasteiger partial charge in [0.25, 0.3) is 0 Å². The van der Waals surface area contributed by atoms with E-state index in [1.807, 2.05) is 42.5 Å². The van der Waals surface area contributed by atoms with E-state index in [4.69, 9.17) is 4.74 Å². The number of ether oxygens (including phenoxy) is 1. The van der Waals surface area contributed by atoms with Gasteiger partial charge in [0.05, 0.1) is 5.92 Å². The van der Waals surface area contributed by atoms with Crippen molar-refractivity contribution in [3.8, 4) is 16.9 Å². The molecular weight excluding hydrogens is 444 g/mol. The van der Waals surface area contributed by atoms with Gasteiger partial charge in [-0.15, -0.1) is 0 Å². The van der Waals surface area contributed by atoms with Gasteiger partial charge in [0, 0.05) is 5.56 Å². The van der Waals surface area contributed by atoms with Crippen LogP contribution in [0.5, 0.6) is 5.75 Å². The molecule has 0 spiro atoms. The number of rotatable bonds is 20. The molecule has 0 aliphatic carbocycles. The van der Waals surface area contributed by atoms with Gasteiger partial charge in [-0.2, -0.15) is 0 Å². The summed E-state index contributed by atoms with van der Waals surface area (Å²) in [5.74, 6) is 0.501. The van der Waals surface area contributed by atoms with Crippen LogP contribution in [0.25, 0.3) is 11.1 Å². The van der Waals surface area contributed by atoms with Crippen molar-refractivity contribution >= 4 is 12.3 Å². The highest BCUT2D eigenvalue weighted by Gasteiger charge is 2.20. The first-order chi connectivity index (χ1) is 17.7. The molecule has 0 saturated carbocycles. The topological polar surface area (TPSA) is 43.4 Å². The minimum Gasteiger partial charge on any atom is -0.426 e. The van der Waals surface area contributed by atoms with Crippen molar-refractivity contribution < 1.29 is 14.3 Å². The monoisotopic (exact) mass is 492 g/mol. The summed E-state index contributed by atoms with van der Waals surface area (Å²) in [6, 6.07) is 15.1. The van der Waals surface area contributed by atoms with Gasteiger partial charge in [-0.25, -0.2) is 0 Å². The van der Waals surface area contributed by atoms with Crippen LogP contribution in [0.4, 0.5) is 0 Å². The first kappa shape index (κ1) is 29.8. The average molecular weight is 493 g/mol. The minimum atomic E-state index is -0.0813. The van der Waals surface area contributed by atoms with E-state index in [0.29, 0.717) is 11.3 Å². The minimum absolute atomic E-state index is 0.0137. The molecule has 2 rings (SSSR count). The van der Waals surface area contributed by atoms with Crippen LogP contribution < -0.4 is 4.74 Å². The van der Waals surface area contributed by atoms with E-state index in [2.05, 4.69) is 13.8 Å². The summed E-state index contributed by atoms with van der Waals surface area (Å²) in [4.78, 5) is 24.2. The Kier molecular flexibility index (Phi) is 15.6. The molecular formula is C33H48O3. The van der Waals surface area contributed by atoms with Gasteiger partial charge in [0.15, 0.2) is 0 Å². The maximum Gasteiger partial charge on any atom is 0.314 e. The normalized spacial score (nSPS) is 11.8. The molecule has 3 heteroatoms. The highest BCUT2D eigenvalue weighted by atomic mass is 16.5. The van der Waals surface area contributed by atoms with Crippen LogP contribution in [-0.4, -0.2) is 12.3 Å². The van der Waals surface area contributed by atoms with Crippen LogP contribution in [0.1, 0.15) is 127 Å². The van der Waals surface area contributed by atoms with E-state index in [9.17, 15) is 9.59 Å². The van der Waals surface area contributed by atoms with Crippen molar-refractivity contribution in [2.45, 2.75) is 117 Å². The van der Waals surface area contributed by atoms with Crippen molar-refractivity contribution in [1.82, 2.24) is 0 Å². The molecule has 2 aromatic carbocycles. The fraction of sp³-hybridized carbons (Fsp3) is 0.576. The van der Waals surface area contributed by atoms with Gasteiger partial charge in [-0.05, 0) is 42.2 Å². The molecule has 3 nitrogen and oxygen atoms in total. The van der Waals surface area contributed by atoms with Gasteiger partial charge < -0.3 is 4.74 Å². The number of benzene rings is 2. The van der Waals surface area contributed by atoms with Gasteiger partial charge in [0.2, 0.25) is 0 Å². The number of carbonyl (C=O) groups is 2. The lowest BCUT2D eigenvalue weighted by Crippen LogP contribution is -2.20. The molecule has 1 unspecified atom stereocenters. The van der Waals surface area contributed by atoms with E-state index in [1.165, 1.54) is 77.0 Å². The van der Waals surface area contributed by atoms with Crippen LogP contribution in [0, 0.1) is 5.92 Å². The molecule has 0 amide bonds. The van der Waals surface area contributed by atoms with Crippen molar-refractivity contribution in [3.63, 3.8) is 0 Å². The van der Waals surface area contributed by atoms with Gasteiger partial charge in [-0.3, -0.25) is 9.59 Å². The molecule has 1 atom stereocenters. The first-order valence-corrected chi connectivity index (χ1v) is 14.5. The molecule has 36 heavy (non-hydrogen) atoms. The van der Waals surface area contributed by atoms with Gasteiger partial charge in [0.1, 0.15) is 12.0 Å². The smallest absolute Gasteiger partial charge is 0.314 e. The van der Waals surface area contributed by atoms with E-state index >= 15 is 0 Å². The van der Waals surface area contributed by atoms with E-state index in [0.717, 1.165) is 43.1 Å². The van der Waals surface area contributed by atoms with E-state index < -0.39 is 0 Å². The summed E-state index contributed by atoms with van der Waals surface area (Å²) < 4.78 is 5.84. The number of hydrogen-bond donors (Lipinski definition) is 0. The van der Waals surface area contributed by atoms with Crippen LogP contribution in [-0.2, 0) is 4.79 Å². The third-order valence-electron chi connectivity index (χ3n) is 7.07. The Labute approximate surface area is 220 Å². The molecule has 0 radical (unpaired) electrons. The second kappa shape index (κ2) is 18.8. The highest BCUT2D eigenvalue weighted by molar-refractivity contribution is 5.79. The number of hydrogen-bond acceptors (Lipinski definition) is 3. The maximum atomic E-state index is 13.1. The molecule has 0 heterocycles. The standard InChI is InChI=1S/C33H48O3/c1-3-5-7-9-11-12-14-16-20-30(19-15-13-10-8-6-4-2)33(35)36-32-24-22-29(23-25-32)31-21-17-18-28(26-31)27-34/h17-18,21-27,30H,3-16,19-20H2,1-2H3. The SMILES string of the molecule is CCCCCCCCCCC(CCCCCCCC)C(=O)Oc1ccc(-c2cccc(C=O)c2)cc1. The molecule has 0 saturated heterocycles. The molecule has 0 aromatic heterocycles. The van der Waals surface area contributed by atoms with Crippen molar-refractivity contribution in [3.05, 3.63) is 54.1 Å². The summed E-state index contributed by atoms with van der Waals surface area (Å²) in [5, 5.41) is 0. The van der Waals surface area contributed by atoms with Gasteiger partial charge in [-0.1, -0.05) is 134 Å². The summed E-state index contributed by atoms with van der Waals surface area (Å²) in [6.45, 7) is 4.50. The van der Waals surface area contributed by atoms with Crippen LogP contribution >= 0.6 is 0 Å². The summed E-state index contributed by atoms with van der Waals surface area (Å²) in [7, 11) is 0. The Morgan fingerprint density at radius 3 is 1.75 bits per heavy atom. The first-order valence-electron chi connectivity index (χ1n) is 14.5. The predicted octanol–water partition coefficient (Wildman–Crippen LogP) is 9.97. The summed E-state index contributed by atoms with van der Waals surface area (Å²) in [6.07, 6.45) is 20.4. The molecule has 198 valence electrons. The van der Waals surface area contributed by atoms with Crippen LogP contribution in [0.2, 0.25) is 0 Å².